The van der Waals surface area contributed by atoms with Crippen LogP contribution in [0.15, 0.2) is 59.4 Å². The Morgan fingerprint density at radius 3 is 2.83 bits per heavy atom. The van der Waals surface area contributed by atoms with Gasteiger partial charge in [-0.15, -0.1) is 0 Å². The Hall–Kier alpha value is -2.84. The number of anilines is 1. The summed E-state index contributed by atoms with van der Waals surface area (Å²) in [5.41, 5.74) is 2.47. The quantitative estimate of drug-likeness (QED) is 0.668. The highest BCUT2D eigenvalue weighted by molar-refractivity contribution is 7.84. The van der Waals surface area contributed by atoms with Crippen LogP contribution in [0, 0.1) is 0 Å². The summed E-state index contributed by atoms with van der Waals surface area (Å²) in [5, 5.41) is 6.84. The lowest BCUT2D eigenvalue weighted by atomic mass is 10.2. The summed E-state index contributed by atoms with van der Waals surface area (Å²) >= 11 is 0. The van der Waals surface area contributed by atoms with E-state index in [1.165, 1.54) is 0 Å². The number of amides is 1. The lowest BCUT2D eigenvalue weighted by molar-refractivity contribution is 0.0991. The summed E-state index contributed by atoms with van der Waals surface area (Å²) in [7, 11) is -0.958. The molecular weight excluding hydrogens is 390 g/mol. The molecule has 0 aliphatic carbocycles. The Kier molecular flexibility index (Phi) is 6.12. The fourth-order valence-electron chi connectivity index (χ4n) is 3.18. The molecular formula is C21H21N3O4S. The second-order valence-corrected chi connectivity index (χ2v) is 8.53. The standard InChI is InChI=1S/C21H21N3O4S/c25-21(19-12-20(28-24-19)16-4-2-8-22-13-16)23-17-5-1-3-15(11-17)14-29(26)18-6-9-27-10-7-18/h1-5,8,11-13,18H,6-7,9-10,14H2,(H,23,25). The molecule has 4 rings (SSSR count). The average Bonchev–Trinajstić information content (AvgIpc) is 3.26. The number of benzene rings is 1. The van der Waals surface area contributed by atoms with Gasteiger partial charge < -0.3 is 14.6 Å². The molecule has 3 aromatic rings. The fraction of sp³-hybridized carbons (Fsp3) is 0.286. The van der Waals surface area contributed by atoms with Crippen LogP contribution in [-0.4, -0.2) is 38.7 Å². The molecule has 150 valence electrons. The molecule has 29 heavy (non-hydrogen) atoms. The van der Waals surface area contributed by atoms with Gasteiger partial charge in [0.15, 0.2) is 11.5 Å². The number of carbonyl (C=O) groups excluding carboxylic acids is 1. The first-order chi connectivity index (χ1) is 14.2. The minimum atomic E-state index is -0.958. The van der Waals surface area contributed by atoms with E-state index >= 15 is 0 Å². The Labute approximate surface area is 170 Å². The van der Waals surface area contributed by atoms with Crippen LogP contribution in [0.25, 0.3) is 11.3 Å². The largest absolute Gasteiger partial charge is 0.381 e. The van der Waals surface area contributed by atoms with Crippen molar-refractivity contribution < 1.29 is 18.3 Å². The summed E-state index contributed by atoms with van der Waals surface area (Å²) < 4.78 is 23.2. The lowest BCUT2D eigenvalue weighted by Gasteiger charge is -2.21. The van der Waals surface area contributed by atoms with Gasteiger partial charge >= 0.3 is 0 Å². The van der Waals surface area contributed by atoms with Gasteiger partial charge in [-0.1, -0.05) is 17.3 Å². The van der Waals surface area contributed by atoms with E-state index in [2.05, 4.69) is 15.5 Å². The molecule has 1 aromatic carbocycles. The van der Waals surface area contributed by atoms with Gasteiger partial charge in [-0.2, -0.15) is 0 Å². The fourth-order valence-corrected chi connectivity index (χ4v) is 4.64. The number of hydrogen-bond donors (Lipinski definition) is 1. The van der Waals surface area contributed by atoms with Crippen LogP contribution >= 0.6 is 0 Å². The Balaban J connectivity index is 1.40. The van der Waals surface area contributed by atoms with Crippen molar-refractivity contribution >= 4 is 22.4 Å². The van der Waals surface area contributed by atoms with Gasteiger partial charge in [0, 0.05) is 64.7 Å². The third kappa shape index (κ3) is 4.96. The third-order valence-electron chi connectivity index (χ3n) is 4.72. The molecule has 1 aliphatic rings. The highest BCUT2D eigenvalue weighted by Crippen LogP contribution is 2.21. The second-order valence-electron chi connectivity index (χ2n) is 6.81. The van der Waals surface area contributed by atoms with Gasteiger partial charge in [0.05, 0.1) is 0 Å². The summed E-state index contributed by atoms with van der Waals surface area (Å²) in [4.78, 5) is 16.5. The average molecular weight is 411 g/mol. The molecule has 7 nitrogen and oxygen atoms in total. The number of nitrogens with zero attached hydrogens (tertiary/aromatic N) is 2. The second kappa shape index (κ2) is 9.11. The molecule has 1 fully saturated rings. The van der Waals surface area contributed by atoms with E-state index in [9.17, 15) is 9.00 Å². The summed E-state index contributed by atoms with van der Waals surface area (Å²) in [6.07, 6.45) is 4.96. The smallest absolute Gasteiger partial charge is 0.277 e. The number of aromatic nitrogens is 2. The monoisotopic (exact) mass is 411 g/mol. The van der Waals surface area contributed by atoms with Crippen molar-refractivity contribution in [3.05, 3.63) is 66.1 Å². The normalized spacial score (nSPS) is 15.7. The van der Waals surface area contributed by atoms with E-state index in [1.807, 2.05) is 24.3 Å². The molecule has 1 atom stereocenters. The third-order valence-corrected chi connectivity index (χ3v) is 6.56. The van der Waals surface area contributed by atoms with E-state index < -0.39 is 10.8 Å². The summed E-state index contributed by atoms with van der Waals surface area (Å²) in [5.74, 6) is 0.569. The molecule has 2 aromatic heterocycles. The van der Waals surface area contributed by atoms with Gasteiger partial charge in [0.2, 0.25) is 0 Å². The van der Waals surface area contributed by atoms with Crippen molar-refractivity contribution in [1.82, 2.24) is 10.1 Å². The first-order valence-electron chi connectivity index (χ1n) is 9.41. The van der Waals surface area contributed by atoms with E-state index in [0.29, 0.717) is 30.4 Å². The lowest BCUT2D eigenvalue weighted by Crippen LogP contribution is -2.25. The molecule has 1 amide bonds. The zero-order chi connectivity index (χ0) is 20.1. The van der Waals surface area contributed by atoms with Gasteiger partial charge in [-0.25, -0.2) is 0 Å². The number of pyridine rings is 1. The minimum absolute atomic E-state index is 0.169. The number of rotatable bonds is 6. The topological polar surface area (TPSA) is 94.3 Å². The van der Waals surface area contributed by atoms with Gasteiger partial charge in [0.1, 0.15) is 0 Å². The van der Waals surface area contributed by atoms with Crippen molar-refractivity contribution in [3.8, 4) is 11.3 Å². The van der Waals surface area contributed by atoms with Crippen LogP contribution in [0.3, 0.4) is 0 Å². The van der Waals surface area contributed by atoms with Gasteiger partial charge in [-0.05, 0) is 42.7 Å². The van der Waals surface area contributed by atoms with Crippen LogP contribution in [0.2, 0.25) is 0 Å². The molecule has 8 heteroatoms. The first kappa shape index (κ1) is 19.5. The van der Waals surface area contributed by atoms with Crippen LogP contribution in [-0.2, 0) is 21.3 Å². The molecule has 0 spiro atoms. The Morgan fingerprint density at radius 1 is 1.17 bits per heavy atom. The minimum Gasteiger partial charge on any atom is -0.381 e. The molecule has 1 unspecified atom stereocenters. The predicted molar refractivity (Wildman–Crippen MR) is 110 cm³/mol. The van der Waals surface area contributed by atoms with E-state index in [-0.39, 0.29) is 16.9 Å². The Morgan fingerprint density at radius 2 is 2.03 bits per heavy atom. The molecule has 0 saturated carbocycles. The van der Waals surface area contributed by atoms with Crippen molar-refractivity contribution in [2.75, 3.05) is 18.5 Å². The van der Waals surface area contributed by atoms with Crippen molar-refractivity contribution in [2.45, 2.75) is 23.8 Å². The summed E-state index contributed by atoms with van der Waals surface area (Å²) in [6, 6.07) is 12.6. The maximum atomic E-state index is 12.6. The van der Waals surface area contributed by atoms with Gasteiger partial charge in [-0.3, -0.25) is 14.0 Å². The zero-order valence-corrected chi connectivity index (χ0v) is 16.6. The summed E-state index contributed by atoms with van der Waals surface area (Å²) in [6.45, 7) is 1.34. The first-order valence-corrected chi connectivity index (χ1v) is 10.8. The van der Waals surface area contributed by atoms with E-state index in [0.717, 1.165) is 24.0 Å². The molecule has 0 radical (unpaired) electrons. The van der Waals surface area contributed by atoms with Gasteiger partial charge in [0.25, 0.3) is 5.91 Å². The number of nitrogens with one attached hydrogen (secondary N) is 1. The molecule has 1 aliphatic heterocycles. The van der Waals surface area contributed by atoms with Crippen LogP contribution < -0.4 is 5.32 Å². The van der Waals surface area contributed by atoms with E-state index in [4.69, 9.17) is 9.26 Å². The molecule has 1 N–H and O–H groups in total. The Bertz CT molecular complexity index is 1000. The molecule has 0 bridgehead atoms. The highest BCUT2D eigenvalue weighted by Gasteiger charge is 2.20. The zero-order valence-electron chi connectivity index (χ0n) is 15.7. The van der Waals surface area contributed by atoms with Crippen molar-refractivity contribution in [1.29, 1.82) is 0 Å². The number of ether oxygens (including phenoxy) is 1. The SMILES string of the molecule is O=C(Nc1cccc(CS(=O)C2CCOCC2)c1)c1cc(-c2cccnc2)on1. The maximum Gasteiger partial charge on any atom is 0.277 e. The van der Waals surface area contributed by atoms with Crippen LogP contribution in [0.5, 0.6) is 0 Å². The van der Waals surface area contributed by atoms with Crippen LogP contribution in [0.1, 0.15) is 28.9 Å². The maximum absolute atomic E-state index is 12.6. The molecule has 3 heterocycles. The van der Waals surface area contributed by atoms with Crippen LogP contribution in [0.4, 0.5) is 5.69 Å². The predicted octanol–water partition coefficient (Wildman–Crippen LogP) is 3.42. The number of carbonyl (C=O) groups is 1. The van der Waals surface area contributed by atoms with Crippen molar-refractivity contribution in [3.63, 3.8) is 0 Å². The number of hydrogen-bond acceptors (Lipinski definition) is 6. The highest BCUT2D eigenvalue weighted by atomic mass is 32.2. The van der Waals surface area contributed by atoms with E-state index in [1.54, 1.807) is 30.6 Å². The van der Waals surface area contributed by atoms with Crippen molar-refractivity contribution in [2.24, 2.45) is 0 Å². The molecule has 1 saturated heterocycles.